The molecule has 0 fully saturated rings. The van der Waals surface area contributed by atoms with Crippen molar-refractivity contribution in [3.05, 3.63) is 76.9 Å². The summed E-state index contributed by atoms with van der Waals surface area (Å²) in [7, 11) is 3.61. The quantitative estimate of drug-likeness (QED) is 0.820. The molecule has 25 heavy (non-hydrogen) atoms. The van der Waals surface area contributed by atoms with Gasteiger partial charge >= 0.3 is 0 Å². The number of amides is 1. The van der Waals surface area contributed by atoms with Crippen LogP contribution in [0.3, 0.4) is 0 Å². The lowest BCUT2D eigenvalue weighted by molar-refractivity contribution is 0.0828. The fourth-order valence-electron chi connectivity index (χ4n) is 4.14. The number of aryl methyl sites for hydroxylation is 1. The monoisotopic (exact) mass is 332 g/mol. The van der Waals surface area contributed by atoms with Gasteiger partial charge in [-0.3, -0.25) is 4.79 Å². The second-order valence-electron chi connectivity index (χ2n) is 7.36. The molecule has 2 aromatic carbocycles. The minimum absolute atomic E-state index is 0.0485. The van der Waals surface area contributed by atoms with E-state index in [1.165, 1.54) is 16.7 Å². The number of benzene rings is 2. The van der Waals surface area contributed by atoms with Gasteiger partial charge in [0.25, 0.3) is 5.91 Å². The zero-order valence-corrected chi connectivity index (χ0v) is 15.0. The van der Waals surface area contributed by atoms with Crippen LogP contribution in [-0.2, 0) is 0 Å². The van der Waals surface area contributed by atoms with Crippen LogP contribution < -0.4 is 5.32 Å². The van der Waals surface area contributed by atoms with Crippen LogP contribution in [-0.4, -0.2) is 24.9 Å². The van der Waals surface area contributed by atoms with Gasteiger partial charge in [-0.15, -0.1) is 0 Å². The molecular formula is C22H24N2O. The number of para-hydroxylation sites is 1. The third kappa shape index (κ3) is 2.64. The topological polar surface area (TPSA) is 32.3 Å². The lowest BCUT2D eigenvalue weighted by atomic mass is 9.76. The number of carbonyl (C=O) groups is 1. The largest absolute Gasteiger partial charge is 0.377 e. The summed E-state index contributed by atoms with van der Waals surface area (Å²) in [6.45, 7) is 2.11. The van der Waals surface area contributed by atoms with E-state index >= 15 is 0 Å². The van der Waals surface area contributed by atoms with Gasteiger partial charge in [0, 0.05) is 20.0 Å². The van der Waals surface area contributed by atoms with Crippen molar-refractivity contribution in [1.82, 2.24) is 4.90 Å². The molecule has 128 valence electrons. The van der Waals surface area contributed by atoms with Crippen molar-refractivity contribution in [2.45, 2.75) is 25.3 Å². The summed E-state index contributed by atoms with van der Waals surface area (Å²) >= 11 is 0. The van der Waals surface area contributed by atoms with Crippen molar-refractivity contribution in [2.75, 3.05) is 19.4 Å². The summed E-state index contributed by atoms with van der Waals surface area (Å²) in [5.74, 6) is 0.921. The van der Waals surface area contributed by atoms with Crippen LogP contribution in [0.4, 0.5) is 5.69 Å². The Morgan fingerprint density at radius 1 is 1.12 bits per heavy atom. The molecule has 1 N–H and O–H groups in total. The van der Waals surface area contributed by atoms with Crippen LogP contribution >= 0.6 is 0 Å². The first-order valence-electron chi connectivity index (χ1n) is 8.90. The predicted octanol–water partition coefficient (Wildman–Crippen LogP) is 4.52. The summed E-state index contributed by atoms with van der Waals surface area (Å²) in [6.07, 6.45) is 5.67. The highest BCUT2D eigenvalue weighted by atomic mass is 16.2. The van der Waals surface area contributed by atoms with Gasteiger partial charge in [-0.25, -0.2) is 0 Å². The van der Waals surface area contributed by atoms with Crippen LogP contribution in [0.1, 0.15) is 45.4 Å². The van der Waals surface area contributed by atoms with Crippen LogP contribution in [0.2, 0.25) is 0 Å². The summed E-state index contributed by atoms with van der Waals surface area (Å²) in [5.41, 5.74) is 5.57. The SMILES string of the molecule is Cc1ccc(C2Nc3c(C(=O)N(C)C)cccc3C3C=CCC32)cc1. The summed E-state index contributed by atoms with van der Waals surface area (Å²) in [6, 6.07) is 15.1. The smallest absolute Gasteiger partial charge is 0.255 e. The van der Waals surface area contributed by atoms with E-state index in [0.29, 0.717) is 11.8 Å². The first-order valence-corrected chi connectivity index (χ1v) is 8.90. The van der Waals surface area contributed by atoms with Gasteiger partial charge < -0.3 is 10.2 Å². The predicted molar refractivity (Wildman–Crippen MR) is 102 cm³/mol. The maximum absolute atomic E-state index is 12.7. The number of hydrogen-bond acceptors (Lipinski definition) is 2. The zero-order valence-electron chi connectivity index (χ0n) is 15.0. The van der Waals surface area contributed by atoms with E-state index in [0.717, 1.165) is 17.7 Å². The lowest BCUT2D eigenvalue weighted by Crippen LogP contribution is -2.31. The maximum atomic E-state index is 12.7. The fourth-order valence-corrected chi connectivity index (χ4v) is 4.14. The molecule has 0 bridgehead atoms. The standard InChI is InChI=1S/C22H24N2O/c1-14-10-12-15(13-11-14)20-17-7-4-6-16(17)18-8-5-9-19(21(18)23-20)22(25)24(2)3/h4-6,8-13,16-17,20,23H,7H2,1-3H3. The number of fused-ring (bicyclic) bond motifs is 3. The minimum Gasteiger partial charge on any atom is -0.377 e. The van der Waals surface area contributed by atoms with E-state index in [9.17, 15) is 4.79 Å². The number of anilines is 1. The third-order valence-corrected chi connectivity index (χ3v) is 5.47. The Hall–Kier alpha value is -2.55. The Morgan fingerprint density at radius 3 is 2.60 bits per heavy atom. The minimum atomic E-state index is 0.0485. The van der Waals surface area contributed by atoms with Gasteiger partial charge in [0.05, 0.1) is 17.3 Å². The van der Waals surface area contributed by atoms with Crippen LogP contribution in [0.25, 0.3) is 0 Å². The van der Waals surface area contributed by atoms with Crippen molar-refractivity contribution in [3.8, 4) is 0 Å². The molecule has 2 aliphatic rings. The molecule has 0 aromatic heterocycles. The molecule has 3 atom stereocenters. The molecule has 0 spiro atoms. The van der Waals surface area contributed by atoms with E-state index in [2.05, 4.69) is 54.7 Å². The Balaban J connectivity index is 1.81. The number of rotatable bonds is 2. The van der Waals surface area contributed by atoms with Crippen molar-refractivity contribution < 1.29 is 4.79 Å². The molecule has 1 aliphatic carbocycles. The highest BCUT2D eigenvalue weighted by Gasteiger charge is 2.39. The number of hydrogen-bond donors (Lipinski definition) is 1. The second-order valence-corrected chi connectivity index (χ2v) is 7.36. The Bertz CT molecular complexity index is 836. The number of nitrogens with zero attached hydrogens (tertiary/aromatic N) is 1. The van der Waals surface area contributed by atoms with Crippen LogP contribution in [0, 0.1) is 12.8 Å². The Labute approximate surface area is 149 Å². The molecule has 0 saturated heterocycles. The van der Waals surface area contributed by atoms with Gasteiger partial charge in [0.2, 0.25) is 0 Å². The number of allylic oxidation sites excluding steroid dienone is 2. The van der Waals surface area contributed by atoms with Crippen LogP contribution in [0.5, 0.6) is 0 Å². The van der Waals surface area contributed by atoms with Crippen molar-refractivity contribution in [2.24, 2.45) is 5.92 Å². The summed E-state index contributed by atoms with van der Waals surface area (Å²) in [5, 5.41) is 3.72. The molecule has 4 rings (SSSR count). The van der Waals surface area contributed by atoms with Crippen molar-refractivity contribution >= 4 is 11.6 Å². The molecule has 2 aromatic rings. The number of carbonyl (C=O) groups excluding carboxylic acids is 1. The molecular weight excluding hydrogens is 308 g/mol. The Kier molecular flexibility index (Phi) is 3.87. The van der Waals surface area contributed by atoms with E-state index in [1.54, 1.807) is 19.0 Å². The van der Waals surface area contributed by atoms with Gasteiger partial charge in [-0.2, -0.15) is 0 Å². The zero-order chi connectivity index (χ0) is 17.6. The number of nitrogens with one attached hydrogen (secondary N) is 1. The fraction of sp³-hybridized carbons (Fsp3) is 0.318. The van der Waals surface area contributed by atoms with Gasteiger partial charge in [0.15, 0.2) is 0 Å². The highest BCUT2D eigenvalue weighted by Crippen LogP contribution is 2.50. The van der Waals surface area contributed by atoms with Gasteiger partial charge in [-0.1, -0.05) is 54.1 Å². The van der Waals surface area contributed by atoms with Gasteiger partial charge in [-0.05, 0) is 36.5 Å². The van der Waals surface area contributed by atoms with Crippen molar-refractivity contribution in [1.29, 1.82) is 0 Å². The first kappa shape index (κ1) is 15.9. The Morgan fingerprint density at radius 2 is 1.88 bits per heavy atom. The molecule has 3 nitrogen and oxygen atoms in total. The van der Waals surface area contributed by atoms with E-state index in [-0.39, 0.29) is 11.9 Å². The molecule has 3 heteroatoms. The van der Waals surface area contributed by atoms with Gasteiger partial charge in [0.1, 0.15) is 0 Å². The third-order valence-electron chi connectivity index (χ3n) is 5.47. The molecule has 1 aliphatic heterocycles. The average molecular weight is 332 g/mol. The van der Waals surface area contributed by atoms with Crippen LogP contribution in [0.15, 0.2) is 54.6 Å². The molecule has 1 heterocycles. The molecule has 3 unspecified atom stereocenters. The maximum Gasteiger partial charge on any atom is 0.255 e. The molecule has 1 amide bonds. The highest BCUT2D eigenvalue weighted by molar-refractivity contribution is 6.00. The molecule has 0 radical (unpaired) electrons. The lowest BCUT2D eigenvalue weighted by Gasteiger charge is -2.38. The summed E-state index contributed by atoms with van der Waals surface area (Å²) in [4.78, 5) is 14.3. The second kappa shape index (κ2) is 6.07. The van der Waals surface area contributed by atoms with E-state index in [1.807, 2.05) is 12.1 Å². The first-order chi connectivity index (χ1) is 12.1. The average Bonchev–Trinajstić information content (AvgIpc) is 3.10. The van der Waals surface area contributed by atoms with E-state index in [4.69, 9.17) is 0 Å². The van der Waals surface area contributed by atoms with E-state index < -0.39 is 0 Å². The summed E-state index contributed by atoms with van der Waals surface area (Å²) < 4.78 is 0. The van der Waals surface area contributed by atoms with Crippen molar-refractivity contribution in [3.63, 3.8) is 0 Å². The normalized spacial score (nSPS) is 23.6. The molecule has 0 saturated carbocycles.